The van der Waals surface area contributed by atoms with Gasteiger partial charge in [-0.1, -0.05) is 72.3 Å². The molecule has 3 aliphatic rings. The smallest absolute Gasteiger partial charge is 0.240 e. The van der Waals surface area contributed by atoms with Crippen LogP contribution in [0.3, 0.4) is 0 Å². The Balaban J connectivity index is 1.51. The average molecular weight is 450 g/mol. The van der Waals surface area contributed by atoms with Gasteiger partial charge in [0.2, 0.25) is 11.8 Å². The first kappa shape index (κ1) is 20.5. The van der Waals surface area contributed by atoms with E-state index in [0.29, 0.717) is 11.3 Å². The lowest BCUT2D eigenvalue weighted by Crippen LogP contribution is -2.44. The fraction of sp³-hybridized carbons (Fsp3) is 0.214. The second-order valence-electron chi connectivity index (χ2n) is 9.23. The molecule has 34 heavy (non-hydrogen) atoms. The van der Waals surface area contributed by atoms with Gasteiger partial charge in [0.15, 0.2) is 5.78 Å². The van der Waals surface area contributed by atoms with Gasteiger partial charge in [-0.3, -0.25) is 19.4 Å². The summed E-state index contributed by atoms with van der Waals surface area (Å²) >= 11 is 0. The third kappa shape index (κ3) is 2.81. The number of amides is 2. The largest absolute Gasteiger partial charge is 0.292 e. The lowest BCUT2D eigenvalue weighted by molar-refractivity contribution is -0.124. The normalized spacial score (nSPS) is 24.8. The van der Waals surface area contributed by atoms with Gasteiger partial charge in [-0.25, -0.2) is 4.90 Å². The minimum atomic E-state index is -0.853. The molecular weight excluding hydrogens is 426 g/mol. The molecule has 0 N–H and O–H groups in total. The number of fused-ring (bicyclic) bond motifs is 5. The molecule has 6 rings (SSSR count). The van der Waals surface area contributed by atoms with Gasteiger partial charge >= 0.3 is 0 Å². The Kier molecular flexibility index (Phi) is 4.52. The van der Waals surface area contributed by atoms with Crippen LogP contribution in [0.1, 0.15) is 38.7 Å². The molecule has 3 aromatic carbocycles. The van der Waals surface area contributed by atoms with Gasteiger partial charge in [-0.15, -0.1) is 0 Å². The monoisotopic (exact) mass is 449 g/mol. The first-order chi connectivity index (χ1) is 16.5. The summed E-state index contributed by atoms with van der Waals surface area (Å²) in [7, 11) is 0. The van der Waals surface area contributed by atoms with E-state index in [1.807, 2.05) is 62.4 Å². The quantitative estimate of drug-likeness (QED) is 0.447. The summed E-state index contributed by atoms with van der Waals surface area (Å²) in [6.07, 6.45) is 1.72. The molecule has 168 valence electrons. The standard InChI is InChI=1S/C28H23N3O3/c1-16-12-13-21(17(2)14-16)30-27(33)22-23(28(30)34)25(26(32)18-8-4-3-5-9-18)31-24(22)20-11-7-6-10-19(20)15-29-31/h3-15,22-25H,1-2H3/t22-,23+,24?,25-/m1/s1. The Morgan fingerprint density at radius 3 is 2.32 bits per heavy atom. The minimum absolute atomic E-state index is 0.196. The van der Waals surface area contributed by atoms with Crippen molar-refractivity contribution in [3.05, 3.63) is 101 Å². The number of hydrogen-bond acceptors (Lipinski definition) is 5. The maximum atomic E-state index is 13.9. The third-order valence-electron chi connectivity index (χ3n) is 7.21. The molecule has 0 bridgehead atoms. The molecule has 2 amide bonds. The molecule has 0 saturated carbocycles. The van der Waals surface area contributed by atoms with Crippen molar-refractivity contribution < 1.29 is 14.4 Å². The van der Waals surface area contributed by atoms with Crippen LogP contribution in [0.15, 0.2) is 77.9 Å². The Bertz CT molecular complexity index is 1380. The predicted octanol–water partition coefficient (Wildman–Crippen LogP) is 4.06. The minimum Gasteiger partial charge on any atom is -0.292 e. The highest BCUT2D eigenvalue weighted by Gasteiger charge is 2.65. The third-order valence-corrected chi connectivity index (χ3v) is 7.21. The van der Waals surface area contributed by atoms with Crippen molar-refractivity contribution >= 4 is 29.5 Å². The van der Waals surface area contributed by atoms with E-state index in [-0.39, 0.29) is 17.6 Å². The lowest BCUT2D eigenvalue weighted by Gasteiger charge is -2.34. The topological polar surface area (TPSA) is 70.1 Å². The van der Waals surface area contributed by atoms with Gasteiger partial charge in [0.1, 0.15) is 6.04 Å². The van der Waals surface area contributed by atoms with E-state index in [2.05, 4.69) is 5.10 Å². The van der Waals surface area contributed by atoms with Crippen molar-refractivity contribution in [2.24, 2.45) is 16.9 Å². The maximum absolute atomic E-state index is 13.9. The van der Waals surface area contributed by atoms with Crippen LogP contribution in [0, 0.1) is 25.7 Å². The van der Waals surface area contributed by atoms with Crippen LogP contribution >= 0.6 is 0 Å². The summed E-state index contributed by atoms with van der Waals surface area (Å²) in [5, 5.41) is 6.30. The molecule has 0 radical (unpaired) electrons. The highest BCUT2D eigenvalue weighted by atomic mass is 16.2. The van der Waals surface area contributed by atoms with Gasteiger partial charge in [0, 0.05) is 5.56 Å². The van der Waals surface area contributed by atoms with Crippen molar-refractivity contribution in [3.63, 3.8) is 0 Å². The summed E-state index contributed by atoms with van der Waals surface area (Å²) in [5.41, 5.74) is 4.82. The number of hydrazone groups is 1. The van der Waals surface area contributed by atoms with E-state index in [4.69, 9.17) is 0 Å². The molecule has 3 aromatic rings. The Morgan fingerprint density at radius 1 is 0.853 bits per heavy atom. The van der Waals surface area contributed by atoms with Gasteiger partial charge < -0.3 is 0 Å². The number of carbonyl (C=O) groups is 3. The number of imide groups is 1. The van der Waals surface area contributed by atoms with Gasteiger partial charge in [-0.2, -0.15) is 5.10 Å². The van der Waals surface area contributed by atoms with E-state index in [0.717, 1.165) is 22.3 Å². The number of aryl methyl sites for hydroxylation is 2. The molecule has 3 aliphatic heterocycles. The highest BCUT2D eigenvalue weighted by Crippen LogP contribution is 2.53. The number of anilines is 1. The fourth-order valence-corrected chi connectivity index (χ4v) is 5.74. The van der Waals surface area contributed by atoms with Crippen LogP contribution in [0.5, 0.6) is 0 Å². The first-order valence-electron chi connectivity index (χ1n) is 11.4. The Hall–Kier alpha value is -4.06. The van der Waals surface area contributed by atoms with Crippen molar-refractivity contribution in [2.45, 2.75) is 25.9 Å². The average Bonchev–Trinajstić information content (AvgIpc) is 3.32. The number of carbonyl (C=O) groups excluding carboxylic acids is 3. The summed E-state index contributed by atoms with van der Waals surface area (Å²) in [6, 6.07) is 21.0. The zero-order chi connectivity index (χ0) is 23.6. The van der Waals surface area contributed by atoms with Crippen LogP contribution in [0.25, 0.3) is 0 Å². The highest BCUT2D eigenvalue weighted by molar-refractivity contribution is 6.25. The van der Waals surface area contributed by atoms with E-state index in [1.165, 1.54) is 4.90 Å². The van der Waals surface area contributed by atoms with Crippen LogP contribution in [-0.2, 0) is 9.59 Å². The molecule has 1 unspecified atom stereocenters. The summed E-state index contributed by atoms with van der Waals surface area (Å²) < 4.78 is 0. The van der Waals surface area contributed by atoms with Crippen LogP contribution in [0.4, 0.5) is 5.69 Å². The molecule has 0 spiro atoms. The second-order valence-corrected chi connectivity index (χ2v) is 9.23. The van der Waals surface area contributed by atoms with Crippen molar-refractivity contribution in [2.75, 3.05) is 4.90 Å². The molecular formula is C28H23N3O3. The summed E-state index contributed by atoms with van der Waals surface area (Å²) in [4.78, 5) is 42.9. The molecule has 3 heterocycles. The number of nitrogens with zero attached hydrogens (tertiary/aromatic N) is 3. The first-order valence-corrected chi connectivity index (χ1v) is 11.4. The maximum Gasteiger partial charge on any atom is 0.240 e. The zero-order valence-electron chi connectivity index (χ0n) is 18.9. The van der Waals surface area contributed by atoms with Crippen LogP contribution in [-0.4, -0.2) is 34.9 Å². The number of Topliss-reactive ketones (excluding diaryl/α,β-unsaturated/α-hetero) is 1. The molecule has 0 aliphatic carbocycles. The molecule has 0 aromatic heterocycles. The summed E-state index contributed by atoms with van der Waals surface area (Å²) in [6.45, 7) is 3.87. The lowest BCUT2D eigenvalue weighted by atomic mass is 9.83. The number of ketones is 1. The number of hydrogen-bond donors (Lipinski definition) is 0. The molecule has 6 nitrogen and oxygen atoms in total. The van der Waals surface area contributed by atoms with Crippen LogP contribution < -0.4 is 4.90 Å². The Morgan fingerprint density at radius 2 is 1.56 bits per heavy atom. The van der Waals surface area contributed by atoms with E-state index in [1.54, 1.807) is 35.5 Å². The van der Waals surface area contributed by atoms with E-state index >= 15 is 0 Å². The molecule has 2 fully saturated rings. The second kappa shape index (κ2) is 7.48. The van der Waals surface area contributed by atoms with Crippen LogP contribution in [0.2, 0.25) is 0 Å². The van der Waals surface area contributed by atoms with Crippen molar-refractivity contribution in [1.82, 2.24) is 5.01 Å². The predicted molar refractivity (Wildman–Crippen MR) is 129 cm³/mol. The Labute approximate surface area is 197 Å². The molecule has 4 atom stereocenters. The number of rotatable bonds is 3. The van der Waals surface area contributed by atoms with E-state index < -0.39 is 23.9 Å². The number of benzene rings is 3. The SMILES string of the molecule is Cc1ccc(N2C(=O)[C@H]3[C@@H](C2=O)C2c4ccccc4C=NN2[C@H]3C(=O)c2ccccc2)c(C)c1. The van der Waals surface area contributed by atoms with E-state index in [9.17, 15) is 14.4 Å². The van der Waals surface area contributed by atoms with Crippen molar-refractivity contribution in [1.29, 1.82) is 0 Å². The summed E-state index contributed by atoms with van der Waals surface area (Å²) in [5.74, 6) is -2.30. The van der Waals surface area contributed by atoms with Crippen molar-refractivity contribution in [3.8, 4) is 0 Å². The van der Waals surface area contributed by atoms with Gasteiger partial charge in [-0.05, 0) is 36.6 Å². The molecule has 2 saturated heterocycles. The fourth-order valence-electron chi connectivity index (χ4n) is 5.74. The molecule has 6 heteroatoms. The van der Waals surface area contributed by atoms with Gasteiger partial charge in [0.25, 0.3) is 0 Å². The van der Waals surface area contributed by atoms with Gasteiger partial charge in [0.05, 0.1) is 29.8 Å². The zero-order valence-corrected chi connectivity index (χ0v) is 18.9.